The summed E-state index contributed by atoms with van der Waals surface area (Å²) in [5.41, 5.74) is 8.38. The number of aromatic nitrogens is 1. The first kappa shape index (κ1) is 33.0. The molecular weight excluding hydrogens is 588 g/mol. The fraction of sp³-hybridized carbons (Fsp3) is 0.552. The SMILES string of the molecule is CN/N=C(\N=N)N(Cc1cc(C(F)(F)F)cc(C(F)(F)F)c1)Cc1cc(C(C)=N)c(NC)nc1N(CC1CCC1)CC1CC1. The van der Waals surface area contributed by atoms with Gasteiger partial charge in [0.25, 0.3) is 5.96 Å². The van der Waals surface area contributed by atoms with Gasteiger partial charge in [-0.2, -0.15) is 26.3 Å². The molecule has 4 N–H and O–H groups in total. The molecule has 2 fully saturated rings. The van der Waals surface area contributed by atoms with Crippen LogP contribution in [0.5, 0.6) is 0 Å². The lowest BCUT2D eigenvalue weighted by Gasteiger charge is -2.35. The number of rotatable bonds is 12. The van der Waals surface area contributed by atoms with Gasteiger partial charge in [-0.05, 0) is 74.3 Å². The van der Waals surface area contributed by atoms with E-state index in [1.165, 1.54) is 11.9 Å². The molecule has 44 heavy (non-hydrogen) atoms. The fourth-order valence-electron chi connectivity index (χ4n) is 5.26. The van der Waals surface area contributed by atoms with Crippen LogP contribution in [0.4, 0.5) is 38.0 Å². The fourth-order valence-corrected chi connectivity index (χ4v) is 5.26. The van der Waals surface area contributed by atoms with Gasteiger partial charge in [0, 0.05) is 57.1 Å². The van der Waals surface area contributed by atoms with Crippen LogP contribution in [-0.2, 0) is 25.4 Å². The first-order valence-electron chi connectivity index (χ1n) is 14.4. The highest BCUT2D eigenvalue weighted by atomic mass is 19.4. The second-order valence-electron chi connectivity index (χ2n) is 11.4. The molecule has 0 atom stereocenters. The number of halogens is 6. The van der Waals surface area contributed by atoms with E-state index in [-0.39, 0.29) is 29.8 Å². The Morgan fingerprint density at radius 1 is 0.932 bits per heavy atom. The monoisotopic (exact) mass is 625 g/mol. The molecule has 15 heteroatoms. The minimum Gasteiger partial charge on any atom is -0.373 e. The van der Waals surface area contributed by atoms with Crippen LogP contribution in [-0.4, -0.2) is 48.7 Å². The maximum atomic E-state index is 13.6. The molecule has 0 spiro atoms. The predicted octanol–water partition coefficient (Wildman–Crippen LogP) is 7.09. The molecule has 2 aliphatic carbocycles. The van der Waals surface area contributed by atoms with Crippen LogP contribution in [0, 0.1) is 22.8 Å². The first-order valence-corrected chi connectivity index (χ1v) is 14.4. The molecule has 9 nitrogen and oxygen atoms in total. The summed E-state index contributed by atoms with van der Waals surface area (Å²) in [7, 11) is 3.14. The van der Waals surface area contributed by atoms with E-state index in [4.69, 9.17) is 15.9 Å². The van der Waals surface area contributed by atoms with E-state index < -0.39 is 30.0 Å². The highest BCUT2D eigenvalue weighted by Gasteiger charge is 2.37. The largest absolute Gasteiger partial charge is 0.416 e. The zero-order valence-electron chi connectivity index (χ0n) is 24.8. The molecule has 2 aliphatic rings. The summed E-state index contributed by atoms with van der Waals surface area (Å²) >= 11 is 0. The summed E-state index contributed by atoms with van der Waals surface area (Å²) in [6, 6.07) is 3.17. The van der Waals surface area contributed by atoms with Crippen molar-refractivity contribution in [1.82, 2.24) is 15.3 Å². The molecule has 0 unspecified atom stereocenters. The van der Waals surface area contributed by atoms with Gasteiger partial charge in [-0.25, -0.2) is 10.5 Å². The van der Waals surface area contributed by atoms with Crippen LogP contribution >= 0.6 is 0 Å². The average Bonchev–Trinajstić information content (AvgIpc) is 3.75. The summed E-state index contributed by atoms with van der Waals surface area (Å²) in [6.45, 7) is 2.55. The lowest BCUT2D eigenvalue weighted by atomic mass is 9.85. The van der Waals surface area contributed by atoms with Crippen molar-refractivity contribution in [2.24, 2.45) is 22.1 Å². The van der Waals surface area contributed by atoms with Gasteiger partial charge in [-0.15, -0.1) is 10.2 Å². The van der Waals surface area contributed by atoms with E-state index in [9.17, 15) is 26.3 Å². The van der Waals surface area contributed by atoms with Gasteiger partial charge in [0.2, 0.25) is 0 Å². The van der Waals surface area contributed by atoms with E-state index in [0.29, 0.717) is 46.7 Å². The Morgan fingerprint density at radius 3 is 1.95 bits per heavy atom. The van der Waals surface area contributed by atoms with Crippen molar-refractivity contribution in [3.63, 3.8) is 0 Å². The second kappa shape index (κ2) is 13.4. The summed E-state index contributed by atoms with van der Waals surface area (Å²) in [5.74, 6) is 1.83. The molecule has 0 aliphatic heterocycles. The third-order valence-corrected chi connectivity index (χ3v) is 7.87. The molecule has 4 rings (SSSR count). The highest BCUT2D eigenvalue weighted by molar-refractivity contribution is 6.01. The van der Waals surface area contributed by atoms with Gasteiger partial charge >= 0.3 is 12.4 Å². The molecule has 0 bridgehead atoms. The summed E-state index contributed by atoms with van der Waals surface area (Å²) < 4.78 is 81.9. The molecule has 1 aromatic heterocycles. The number of guanidine groups is 1. The Hall–Kier alpha value is -3.91. The van der Waals surface area contributed by atoms with E-state index in [2.05, 4.69) is 25.9 Å². The van der Waals surface area contributed by atoms with Crippen molar-refractivity contribution in [3.05, 3.63) is 52.1 Å². The Labute approximate surface area is 252 Å². The number of pyridine rings is 1. The number of nitrogens with zero attached hydrogens (tertiary/aromatic N) is 5. The smallest absolute Gasteiger partial charge is 0.373 e. The number of benzene rings is 1. The molecule has 0 saturated heterocycles. The number of nitrogens with one attached hydrogen (secondary N) is 4. The molecule has 2 aromatic rings. The minimum atomic E-state index is -5.01. The van der Waals surface area contributed by atoms with Crippen molar-refractivity contribution in [2.45, 2.75) is 64.5 Å². The predicted molar refractivity (Wildman–Crippen MR) is 156 cm³/mol. The quantitative estimate of drug-likeness (QED) is 0.0661. The Bertz CT molecular complexity index is 1350. The zero-order chi connectivity index (χ0) is 32.2. The van der Waals surface area contributed by atoms with Gasteiger partial charge in [-0.1, -0.05) is 6.42 Å². The maximum absolute atomic E-state index is 13.6. The van der Waals surface area contributed by atoms with Crippen LogP contribution in [0.2, 0.25) is 0 Å². The Balaban J connectivity index is 1.83. The number of hydrogen-bond acceptors (Lipinski definition) is 7. The molecule has 240 valence electrons. The van der Waals surface area contributed by atoms with Gasteiger partial charge in [-0.3, -0.25) is 0 Å². The van der Waals surface area contributed by atoms with E-state index in [1.807, 2.05) is 0 Å². The number of alkyl halides is 6. The van der Waals surface area contributed by atoms with Crippen molar-refractivity contribution in [3.8, 4) is 0 Å². The number of anilines is 2. The van der Waals surface area contributed by atoms with E-state index >= 15 is 0 Å². The van der Waals surface area contributed by atoms with Crippen molar-refractivity contribution >= 4 is 23.3 Å². The summed E-state index contributed by atoms with van der Waals surface area (Å²) in [6.07, 6.45) is -4.51. The maximum Gasteiger partial charge on any atom is 0.416 e. The van der Waals surface area contributed by atoms with E-state index in [1.54, 1.807) is 20.0 Å². The lowest BCUT2D eigenvalue weighted by Crippen LogP contribution is -2.37. The standard InChI is InChI=1S/C29H37F6N9/c1-17(36)24-11-21(26(40-25(24)38-2)43(14-19-7-8-19)13-18-5-4-6-18)16-44(27(41-37)42-39-3)15-20-9-22(28(30,31)32)12-23(10-20)29(33,34)35/h9-12,18-19,36-37,39H,4-8,13-16H2,1-3H3,(H,38,40)/b36-17?,41-37?,42-27+. The first-order chi connectivity index (χ1) is 20.7. The third kappa shape index (κ3) is 8.17. The van der Waals surface area contributed by atoms with Crippen LogP contribution in [0.1, 0.15) is 66.8 Å². The van der Waals surface area contributed by atoms with Crippen LogP contribution in [0.3, 0.4) is 0 Å². The molecule has 1 aromatic carbocycles. The molecule has 1 heterocycles. The number of hydrogen-bond donors (Lipinski definition) is 4. The summed E-state index contributed by atoms with van der Waals surface area (Å²) in [5, 5.41) is 18.8. The van der Waals surface area contributed by atoms with Crippen LogP contribution in [0.15, 0.2) is 34.5 Å². The van der Waals surface area contributed by atoms with Crippen LogP contribution < -0.4 is 15.6 Å². The molecular formula is C29H37F6N9. The molecule has 0 radical (unpaired) electrons. The third-order valence-electron chi connectivity index (χ3n) is 7.87. The van der Waals surface area contributed by atoms with Gasteiger partial charge in [0.05, 0.1) is 11.1 Å². The van der Waals surface area contributed by atoms with Crippen molar-refractivity contribution in [1.29, 1.82) is 10.9 Å². The highest BCUT2D eigenvalue weighted by Crippen LogP contribution is 2.38. The molecule has 0 amide bonds. The van der Waals surface area contributed by atoms with Crippen molar-refractivity contribution in [2.75, 3.05) is 37.4 Å². The summed E-state index contributed by atoms with van der Waals surface area (Å²) in [4.78, 5) is 8.45. The average molecular weight is 626 g/mol. The number of hydrazone groups is 1. The normalized spacial score (nSPS) is 15.9. The molecule has 2 saturated carbocycles. The van der Waals surface area contributed by atoms with Crippen LogP contribution in [0.25, 0.3) is 0 Å². The minimum absolute atomic E-state index is 0.0825. The second-order valence-corrected chi connectivity index (χ2v) is 11.4. The Kier molecular flexibility index (Phi) is 10.0. The zero-order valence-corrected chi connectivity index (χ0v) is 24.8. The van der Waals surface area contributed by atoms with Gasteiger partial charge < -0.3 is 26.0 Å². The van der Waals surface area contributed by atoms with Gasteiger partial charge in [0.1, 0.15) is 11.6 Å². The van der Waals surface area contributed by atoms with Gasteiger partial charge in [0.15, 0.2) is 0 Å². The van der Waals surface area contributed by atoms with E-state index in [0.717, 1.165) is 45.2 Å². The Morgan fingerprint density at radius 2 is 1.52 bits per heavy atom. The van der Waals surface area contributed by atoms with Crippen molar-refractivity contribution < 1.29 is 26.3 Å². The topological polar surface area (TPSA) is 116 Å². The lowest BCUT2D eigenvalue weighted by molar-refractivity contribution is -0.143.